The Morgan fingerprint density at radius 1 is 0.976 bits per heavy atom. The van der Waals surface area contributed by atoms with Crippen LogP contribution in [0, 0.1) is 12.3 Å². The van der Waals surface area contributed by atoms with Gasteiger partial charge in [0.15, 0.2) is 17.1 Å². The number of nitrogens with zero attached hydrogens (tertiary/aromatic N) is 3. The normalized spacial score (nSPS) is 13.3. The third-order valence-electron chi connectivity index (χ3n) is 7.45. The van der Waals surface area contributed by atoms with Gasteiger partial charge in [-0.05, 0) is 61.8 Å². The van der Waals surface area contributed by atoms with Crippen molar-refractivity contribution in [2.75, 3.05) is 14.2 Å². The zero-order valence-electron chi connectivity index (χ0n) is 25.4. The van der Waals surface area contributed by atoms with E-state index in [0.29, 0.717) is 29.4 Å². The summed E-state index contributed by atoms with van der Waals surface area (Å²) < 4.78 is 49.9. The van der Waals surface area contributed by atoms with Gasteiger partial charge in [0, 0.05) is 41.3 Å². The second-order valence-electron chi connectivity index (χ2n) is 11.8. The fraction of sp³-hybridized carbons (Fsp3) is 0.344. The smallest absolute Gasteiger partial charge is 0.269 e. The molecule has 10 heteroatoms. The van der Waals surface area contributed by atoms with E-state index in [-0.39, 0.29) is 16.4 Å². The van der Waals surface area contributed by atoms with Crippen LogP contribution < -0.4 is 9.47 Å². The molecule has 0 fully saturated rings. The number of hydrogen-bond acceptors (Lipinski definition) is 6. The summed E-state index contributed by atoms with van der Waals surface area (Å²) in [4.78, 5) is 4.71. The van der Waals surface area contributed by atoms with Gasteiger partial charge >= 0.3 is 0 Å². The van der Waals surface area contributed by atoms with Crippen LogP contribution in [0.2, 0.25) is 13.1 Å². The van der Waals surface area contributed by atoms with E-state index in [9.17, 15) is 8.42 Å². The van der Waals surface area contributed by atoms with Crippen molar-refractivity contribution in [1.82, 2.24) is 13.5 Å². The number of pyridine rings is 1. The van der Waals surface area contributed by atoms with E-state index >= 15 is 0 Å². The van der Waals surface area contributed by atoms with Gasteiger partial charge in [-0.2, -0.15) is 0 Å². The van der Waals surface area contributed by atoms with E-state index in [1.807, 2.05) is 43.5 Å². The fourth-order valence-electron chi connectivity index (χ4n) is 5.18. The van der Waals surface area contributed by atoms with Crippen molar-refractivity contribution in [2.24, 2.45) is 5.41 Å². The number of methoxy groups -OCH3 is 2. The zero-order chi connectivity index (χ0) is 30.4. The summed E-state index contributed by atoms with van der Waals surface area (Å²) in [6.07, 6.45) is 3.56. The Kier molecular flexibility index (Phi) is 7.99. The molecule has 0 N–H and O–H groups in total. The first-order chi connectivity index (χ1) is 19.8. The molecule has 0 aliphatic rings. The molecule has 1 unspecified atom stereocenters. The van der Waals surface area contributed by atoms with Crippen LogP contribution in [-0.2, 0) is 21.0 Å². The van der Waals surface area contributed by atoms with Crippen molar-refractivity contribution >= 4 is 41.0 Å². The van der Waals surface area contributed by atoms with Crippen LogP contribution in [0.5, 0.6) is 11.5 Å². The molecule has 0 aliphatic heterocycles. The van der Waals surface area contributed by atoms with E-state index in [2.05, 4.69) is 43.4 Å². The average Bonchev–Trinajstić information content (AvgIpc) is 3.49. The predicted molar refractivity (Wildman–Crippen MR) is 169 cm³/mol. The Bertz CT molecular complexity index is 1850. The lowest BCUT2D eigenvalue weighted by Crippen LogP contribution is -2.36. The molecule has 0 amide bonds. The largest absolute Gasteiger partial charge is 0.493 e. The molecule has 5 rings (SSSR count). The first kappa shape index (κ1) is 29.9. The van der Waals surface area contributed by atoms with E-state index < -0.39 is 19.1 Å². The maximum absolute atomic E-state index is 14.3. The van der Waals surface area contributed by atoms with E-state index in [1.165, 1.54) is 3.97 Å². The van der Waals surface area contributed by atoms with Gasteiger partial charge in [-0.3, -0.25) is 0 Å². The third kappa shape index (κ3) is 5.46. The molecule has 0 spiro atoms. The second kappa shape index (κ2) is 11.2. The molecule has 1 atom stereocenters. The number of aryl methyl sites for hydroxylation is 1. The number of rotatable bonds is 9. The van der Waals surface area contributed by atoms with E-state index in [0.717, 1.165) is 27.4 Å². The van der Waals surface area contributed by atoms with Crippen molar-refractivity contribution in [3.63, 3.8) is 0 Å². The molecule has 3 heterocycles. The van der Waals surface area contributed by atoms with Gasteiger partial charge in [0.05, 0.1) is 36.4 Å². The SMILES string of the molecule is COc1cc2c(-c3cc4cccnc4n3S(=O)(=O)c3ccc(C)cc3)cn(CC(O[Si](C)C)C(C)(C)C)c2cc1OC. The minimum atomic E-state index is -4.00. The lowest BCUT2D eigenvalue weighted by molar-refractivity contribution is 0.0716. The van der Waals surface area contributed by atoms with Gasteiger partial charge in [-0.25, -0.2) is 17.4 Å². The molecule has 5 aromatic rings. The van der Waals surface area contributed by atoms with Crippen molar-refractivity contribution in [3.8, 4) is 22.8 Å². The minimum absolute atomic E-state index is 0.0678. The summed E-state index contributed by atoms with van der Waals surface area (Å²) in [6.45, 7) is 13.3. The van der Waals surface area contributed by atoms with Crippen LogP contribution in [0.15, 0.2) is 71.9 Å². The van der Waals surface area contributed by atoms with Crippen molar-refractivity contribution in [2.45, 2.75) is 58.3 Å². The second-order valence-corrected chi connectivity index (χ2v) is 15.7. The summed E-state index contributed by atoms with van der Waals surface area (Å²) in [7, 11) is -1.77. The molecule has 3 aromatic heterocycles. The number of hydrogen-bond donors (Lipinski definition) is 0. The highest BCUT2D eigenvalue weighted by molar-refractivity contribution is 7.90. The quantitative estimate of drug-likeness (QED) is 0.170. The Labute approximate surface area is 249 Å². The van der Waals surface area contributed by atoms with Gasteiger partial charge in [0.25, 0.3) is 10.0 Å². The van der Waals surface area contributed by atoms with Crippen LogP contribution in [0.1, 0.15) is 26.3 Å². The van der Waals surface area contributed by atoms with Gasteiger partial charge < -0.3 is 18.5 Å². The molecule has 0 bridgehead atoms. The van der Waals surface area contributed by atoms with E-state index in [1.54, 1.807) is 44.7 Å². The minimum Gasteiger partial charge on any atom is -0.493 e. The highest BCUT2D eigenvalue weighted by Gasteiger charge is 2.30. The maximum atomic E-state index is 14.3. The first-order valence-corrected chi connectivity index (χ1v) is 17.7. The van der Waals surface area contributed by atoms with Gasteiger partial charge in [0.1, 0.15) is 0 Å². The molecule has 2 aromatic carbocycles. The van der Waals surface area contributed by atoms with Crippen LogP contribution in [0.25, 0.3) is 33.2 Å². The molecule has 221 valence electrons. The first-order valence-electron chi connectivity index (χ1n) is 13.9. The molecular formula is C32H38N3O5SSi. The zero-order valence-corrected chi connectivity index (χ0v) is 27.2. The fourth-order valence-corrected chi connectivity index (χ4v) is 7.66. The Balaban J connectivity index is 1.82. The van der Waals surface area contributed by atoms with Crippen LogP contribution >= 0.6 is 0 Å². The summed E-state index contributed by atoms with van der Waals surface area (Å²) in [5, 5.41) is 1.56. The molecule has 0 aliphatic carbocycles. The molecule has 8 nitrogen and oxygen atoms in total. The molecule has 42 heavy (non-hydrogen) atoms. The van der Waals surface area contributed by atoms with E-state index in [4.69, 9.17) is 13.9 Å². The number of aromatic nitrogens is 3. The Morgan fingerprint density at radius 3 is 2.26 bits per heavy atom. The maximum Gasteiger partial charge on any atom is 0.269 e. The number of benzene rings is 2. The van der Waals surface area contributed by atoms with Crippen LogP contribution in [0.3, 0.4) is 0 Å². The predicted octanol–water partition coefficient (Wildman–Crippen LogP) is 6.90. The summed E-state index contributed by atoms with van der Waals surface area (Å²) >= 11 is 0. The van der Waals surface area contributed by atoms with Crippen molar-refractivity contribution in [3.05, 3.63) is 72.6 Å². The standard InChI is InChI=1S/C32H38N3O5SSi/c1-21-11-13-23(14-12-21)41(36,37)35-27(16-22-10-9-15-33-31(22)35)25-19-34(20-30(32(2,3)4)40-42(7)8)26-18-29(39-6)28(38-5)17-24(25)26/h9-19,30H,20H2,1-8H3. The monoisotopic (exact) mass is 604 g/mol. The summed E-state index contributed by atoms with van der Waals surface area (Å²) in [6, 6.07) is 16.3. The highest BCUT2D eigenvalue weighted by Crippen LogP contribution is 2.41. The van der Waals surface area contributed by atoms with Gasteiger partial charge in [-0.15, -0.1) is 0 Å². The molecule has 0 saturated carbocycles. The lowest BCUT2D eigenvalue weighted by Gasteiger charge is -2.33. The Morgan fingerprint density at radius 2 is 1.64 bits per heavy atom. The lowest BCUT2D eigenvalue weighted by atomic mass is 9.89. The topological polar surface area (TPSA) is 84.6 Å². The summed E-state index contributed by atoms with van der Waals surface area (Å²) in [5.41, 5.74) is 3.37. The van der Waals surface area contributed by atoms with Crippen molar-refractivity contribution in [1.29, 1.82) is 0 Å². The Hall–Kier alpha value is -3.60. The van der Waals surface area contributed by atoms with Crippen LogP contribution in [-0.4, -0.2) is 51.3 Å². The summed E-state index contributed by atoms with van der Waals surface area (Å²) in [5.74, 6) is 1.15. The van der Waals surface area contributed by atoms with Gasteiger partial charge in [-0.1, -0.05) is 38.5 Å². The molecule has 1 radical (unpaired) electrons. The number of ether oxygens (including phenoxy) is 2. The molecule has 0 saturated heterocycles. The third-order valence-corrected chi connectivity index (χ3v) is 9.92. The van der Waals surface area contributed by atoms with Crippen molar-refractivity contribution < 1.29 is 22.3 Å². The molecular weight excluding hydrogens is 567 g/mol. The average molecular weight is 605 g/mol. The van der Waals surface area contributed by atoms with Gasteiger partial charge in [0.2, 0.25) is 9.04 Å². The number of fused-ring (bicyclic) bond motifs is 2. The van der Waals surface area contributed by atoms with Crippen LogP contribution in [0.4, 0.5) is 0 Å². The highest BCUT2D eigenvalue weighted by atomic mass is 32.2.